The van der Waals surface area contributed by atoms with Crippen molar-refractivity contribution in [1.29, 1.82) is 0 Å². The number of fused-ring (bicyclic) bond motifs is 1. The normalized spacial score (nSPS) is 18.4. The number of benzene rings is 2. The average molecular weight is 625 g/mol. The topological polar surface area (TPSA) is 39.9 Å². The molecule has 0 atom stereocenters. The molecular formula is C36H47Cl2N3O2. The van der Waals surface area contributed by atoms with Crippen molar-refractivity contribution in [1.82, 2.24) is 14.7 Å². The number of nitrogens with zero attached hydrogens (tertiary/aromatic N) is 3. The summed E-state index contributed by atoms with van der Waals surface area (Å²) in [6.45, 7) is 18.0. The van der Waals surface area contributed by atoms with Crippen LogP contribution in [0.25, 0.3) is 0 Å². The Kier molecular flexibility index (Phi) is 9.68. The Morgan fingerprint density at radius 2 is 1.58 bits per heavy atom. The first-order chi connectivity index (χ1) is 20.3. The fraction of sp³-hybridized carbons (Fsp3) is 0.528. The van der Waals surface area contributed by atoms with Crippen LogP contribution in [0.15, 0.2) is 46.9 Å². The van der Waals surface area contributed by atoms with Gasteiger partial charge in [-0.05, 0) is 103 Å². The summed E-state index contributed by atoms with van der Waals surface area (Å²) in [6.07, 6.45) is 3.94. The van der Waals surface area contributed by atoms with E-state index in [1.165, 1.54) is 35.1 Å². The van der Waals surface area contributed by atoms with Crippen LogP contribution in [0.5, 0.6) is 0 Å². The summed E-state index contributed by atoms with van der Waals surface area (Å²) in [5.74, 6) is 1.10. The Bertz CT molecular complexity index is 1450. The van der Waals surface area contributed by atoms with Gasteiger partial charge in [0.25, 0.3) is 5.91 Å². The average Bonchev–Trinajstić information content (AvgIpc) is 3.43. The molecule has 0 unspecified atom stereocenters. The number of carbonyl (C=O) groups excluding carboxylic acids is 1. The lowest BCUT2D eigenvalue weighted by Crippen LogP contribution is -2.45. The van der Waals surface area contributed by atoms with Gasteiger partial charge in [-0.15, -0.1) is 0 Å². The first-order valence-corrected chi connectivity index (χ1v) is 16.5. The zero-order chi connectivity index (χ0) is 30.9. The summed E-state index contributed by atoms with van der Waals surface area (Å²) >= 11 is 12.5. The molecule has 1 aliphatic heterocycles. The molecule has 2 aromatic carbocycles. The molecule has 0 radical (unpaired) electrons. The number of aryl methyl sites for hydroxylation is 1. The zero-order valence-corrected chi connectivity index (χ0v) is 28.2. The van der Waals surface area contributed by atoms with Crippen LogP contribution in [-0.4, -0.2) is 66.9 Å². The minimum Gasteiger partial charge on any atom is -0.456 e. The molecule has 0 spiro atoms. The molecule has 232 valence electrons. The molecule has 1 aliphatic carbocycles. The molecule has 1 amide bonds. The highest BCUT2D eigenvalue weighted by molar-refractivity contribution is 6.42. The molecule has 5 nitrogen and oxygen atoms in total. The van der Waals surface area contributed by atoms with Gasteiger partial charge in [-0.1, -0.05) is 69.1 Å². The second-order valence-electron chi connectivity index (χ2n) is 14.0. The maximum Gasteiger partial charge on any atom is 0.289 e. The number of likely N-dealkylation sites (N-methyl/N-ethyl adjacent to an activating group) is 1. The molecule has 0 saturated carbocycles. The Hall–Kier alpha value is -2.31. The van der Waals surface area contributed by atoms with Gasteiger partial charge in [-0.3, -0.25) is 4.79 Å². The molecule has 7 heteroatoms. The fourth-order valence-corrected chi connectivity index (χ4v) is 6.88. The number of hydrogen-bond acceptors (Lipinski definition) is 4. The number of hydrogen-bond donors (Lipinski definition) is 0. The van der Waals surface area contributed by atoms with E-state index in [0.717, 1.165) is 50.5 Å². The Morgan fingerprint density at radius 1 is 0.907 bits per heavy atom. The highest BCUT2D eigenvalue weighted by Gasteiger charge is 2.37. The van der Waals surface area contributed by atoms with Gasteiger partial charge in [0.1, 0.15) is 5.76 Å². The van der Waals surface area contributed by atoms with E-state index in [1.54, 1.807) is 6.07 Å². The van der Waals surface area contributed by atoms with E-state index in [2.05, 4.69) is 63.6 Å². The van der Waals surface area contributed by atoms with E-state index >= 15 is 0 Å². The van der Waals surface area contributed by atoms with Crippen molar-refractivity contribution in [3.8, 4) is 0 Å². The summed E-state index contributed by atoms with van der Waals surface area (Å²) in [6, 6.07) is 14.2. The molecule has 43 heavy (non-hydrogen) atoms. The van der Waals surface area contributed by atoms with Gasteiger partial charge >= 0.3 is 0 Å². The molecular weight excluding hydrogens is 577 g/mol. The van der Waals surface area contributed by atoms with Crippen molar-refractivity contribution in [2.75, 3.05) is 46.3 Å². The van der Waals surface area contributed by atoms with E-state index < -0.39 is 0 Å². The predicted molar refractivity (Wildman–Crippen MR) is 178 cm³/mol. The maximum atomic E-state index is 13.9. The number of rotatable bonds is 9. The van der Waals surface area contributed by atoms with E-state index in [0.29, 0.717) is 35.3 Å². The van der Waals surface area contributed by atoms with E-state index in [-0.39, 0.29) is 16.7 Å². The third-order valence-corrected chi connectivity index (χ3v) is 10.4. The largest absolute Gasteiger partial charge is 0.456 e. The van der Waals surface area contributed by atoms with E-state index in [4.69, 9.17) is 27.6 Å². The summed E-state index contributed by atoms with van der Waals surface area (Å²) in [5.41, 5.74) is 6.73. The van der Waals surface area contributed by atoms with Crippen LogP contribution in [0, 0.1) is 6.92 Å². The van der Waals surface area contributed by atoms with Crippen molar-refractivity contribution in [2.24, 2.45) is 0 Å². The molecule has 5 rings (SSSR count). The Labute approximate surface area is 268 Å². The third kappa shape index (κ3) is 7.50. The van der Waals surface area contributed by atoms with Crippen LogP contribution in [0.2, 0.25) is 10.0 Å². The molecule has 2 heterocycles. The minimum atomic E-state index is -0.0965. The summed E-state index contributed by atoms with van der Waals surface area (Å²) in [7, 11) is 2.17. The lowest BCUT2D eigenvalue weighted by Gasteiger charge is -2.42. The van der Waals surface area contributed by atoms with Gasteiger partial charge < -0.3 is 19.1 Å². The number of amides is 1. The first-order valence-electron chi connectivity index (χ1n) is 15.7. The molecule has 2 aliphatic rings. The molecule has 0 N–H and O–H groups in total. The zero-order valence-electron chi connectivity index (χ0n) is 26.7. The highest BCUT2D eigenvalue weighted by atomic mass is 35.5. The SMILES string of the molecule is Cc1cc2c(cc1Cc1ccc(C(=O)N(CCCN3CCN(C)CC3)Cc3ccc(Cl)c(Cl)c3)o1)C(C)(C)CCC2(C)C. The van der Waals surface area contributed by atoms with Crippen LogP contribution in [0.1, 0.15) is 91.1 Å². The van der Waals surface area contributed by atoms with Crippen LogP contribution in [0.4, 0.5) is 0 Å². The number of halogens is 2. The van der Waals surface area contributed by atoms with Gasteiger partial charge in [-0.2, -0.15) is 0 Å². The van der Waals surface area contributed by atoms with Gasteiger partial charge in [-0.25, -0.2) is 0 Å². The second-order valence-corrected chi connectivity index (χ2v) is 14.8. The standard InChI is InChI=1S/C36H47Cl2N3O2/c1-25-20-29-30(36(4,5)13-12-35(29,2)3)23-27(25)22-28-9-11-33(43-28)34(42)41(24-26-8-10-31(37)32(38)21-26)15-7-14-40-18-16-39(6)17-19-40/h8-11,20-21,23H,7,12-19,22,24H2,1-6H3. The number of piperazine rings is 1. The summed E-state index contributed by atoms with van der Waals surface area (Å²) in [5, 5.41) is 1.01. The summed E-state index contributed by atoms with van der Waals surface area (Å²) < 4.78 is 6.26. The van der Waals surface area contributed by atoms with Gasteiger partial charge in [0.05, 0.1) is 10.0 Å². The Morgan fingerprint density at radius 3 is 2.26 bits per heavy atom. The predicted octanol–water partition coefficient (Wildman–Crippen LogP) is 8.11. The van der Waals surface area contributed by atoms with Crippen molar-refractivity contribution in [3.05, 3.63) is 91.8 Å². The van der Waals surface area contributed by atoms with E-state index in [9.17, 15) is 4.79 Å². The van der Waals surface area contributed by atoms with Crippen LogP contribution < -0.4 is 0 Å². The van der Waals surface area contributed by atoms with Gasteiger partial charge in [0.2, 0.25) is 0 Å². The van der Waals surface area contributed by atoms with Crippen molar-refractivity contribution < 1.29 is 9.21 Å². The van der Waals surface area contributed by atoms with Crippen molar-refractivity contribution in [3.63, 3.8) is 0 Å². The maximum absolute atomic E-state index is 13.9. The van der Waals surface area contributed by atoms with Crippen molar-refractivity contribution >= 4 is 29.1 Å². The molecule has 1 saturated heterocycles. The smallest absolute Gasteiger partial charge is 0.289 e. The third-order valence-electron chi connectivity index (χ3n) is 9.69. The van der Waals surface area contributed by atoms with Crippen molar-refractivity contribution in [2.45, 2.75) is 77.7 Å². The second kappa shape index (κ2) is 13.0. The highest BCUT2D eigenvalue weighted by Crippen LogP contribution is 2.46. The lowest BCUT2D eigenvalue weighted by atomic mass is 9.62. The number of carbonyl (C=O) groups is 1. The molecule has 3 aromatic rings. The molecule has 1 fully saturated rings. The molecule has 0 bridgehead atoms. The quantitative estimate of drug-likeness (QED) is 0.241. The van der Waals surface area contributed by atoms with E-state index in [1.807, 2.05) is 29.2 Å². The minimum absolute atomic E-state index is 0.0965. The summed E-state index contributed by atoms with van der Waals surface area (Å²) in [4.78, 5) is 20.6. The van der Waals surface area contributed by atoms with Crippen LogP contribution in [-0.2, 0) is 23.8 Å². The van der Waals surface area contributed by atoms with Gasteiger partial charge in [0.15, 0.2) is 5.76 Å². The lowest BCUT2D eigenvalue weighted by molar-refractivity contribution is 0.0695. The van der Waals surface area contributed by atoms with Crippen LogP contribution in [0.3, 0.4) is 0 Å². The number of furan rings is 1. The van der Waals surface area contributed by atoms with Gasteiger partial charge in [0, 0.05) is 45.7 Å². The van der Waals surface area contributed by atoms with Crippen LogP contribution >= 0.6 is 23.2 Å². The molecule has 1 aromatic heterocycles. The fourth-order valence-electron chi connectivity index (χ4n) is 6.56. The Balaban J connectivity index is 1.32. The monoisotopic (exact) mass is 623 g/mol. The first kappa shape index (κ1) is 32.1.